The van der Waals surface area contributed by atoms with E-state index in [4.69, 9.17) is 16.6 Å². The van der Waals surface area contributed by atoms with E-state index in [1.54, 1.807) is 12.3 Å². The van der Waals surface area contributed by atoms with Gasteiger partial charge in [-0.2, -0.15) is 0 Å². The Bertz CT molecular complexity index is 1210. The van der Waals surface area contributed by atoms with Crippen molar-refractivity contribution in [2.45, 2.75) is 31.7 Å². The fourth-order valence-electron chi connectivity index (χ4n) is 4.77. The molecule has 1 unspecified atom stereocenters. The van der Waals surface area contributed by atoms with Gasteiger partial charge in [0.15, 0.2) is 5.82 Å². The van der Waals surface area contributed by atoms with Gasteiger partial charge in [-0.3, -0.25) is 9.69 Å². The number of carbonyl (C=O) groups is 1. The number of aliphatic carboxylic acids is 1. The first-order valence-electron chi connectivity index (χ1n) is 11.4. The Morgan fingerprint density at radius 3 is 2.76 bits per heavy atom. The highest BCUT2D eigenvalue weighted by Crippen LogP contribution is 2.28. The third kappa shape index (κ3) is 4.74. The Balaban J connectivity index is 1.28. The van der Waals surface area contributed by atoms with Crippen LogP contribution in [0.3, 0.4) is 0 Å². The number of piperidine rings is 1. The summed E-state index contributed by atoms with van der Waals surface area (Å²) in [5.41, 5.74) is 1.75. The number of hydrogen-bond acceptors (Lipinski definition) is 8. The van der Waals surface area contributed by atoms with Crippen LogP contribution in [0.5, 0.6) is 0 Å². The lowest BCUT2D eigenvalue weighted by atomic mass is 9.96. The standard InChI is InChI=1S/C23H25ClFN7O2/c24-16-10-15(3-4-17(16)25)29-21-20-18(27-13-28-21)11-26-23(30-20)31-8-5-14(6-9-31)12-32-7-1-2-19(32)22(33)34/h3-4,10-11,13-14,19H,1-2,5-9,12H2,(H,33,34)(H,27,28,29). The molecule has 2 N–H and O–H groups in total. The number of likely N-dealkylation sites (tertiary alicyclic amines) is 1. The number of carboxylic acid groups (broad SMARTS) is 1. The summed E-state index contributed by atoms with van der Waals surface area (Å²) >= 11 is 5.90. The highest BCUT2D eigenvalue weighted by atomic mass is 35.5. The number of benzene rings is 1. The number of nitrogens with zero attached hydrogens (tertiary/aromatic N) is 6. The molecule has 0 spiro atoms. The van der Waals surface area contributed by atoms with E-state index in [1.165, 1.54) is 18.5 Å². The van der Waals surface area contributed by atoms with Crippen LogP contribution in [-0.2, 0) is 4.79 Å². The van der Waals surface area contributed by atoms with Gasteiger partial charge in [-0.05, 0) is 56.3 Å². The SMILES string of the molecule is O=C(O)C1CCCN1CC1CCN(c2ncc3ncnc(Nc4ccc(F)c(Cl)c4)c3n2)CC1. The molecule has 2 saturated heterocycles. The Labute approximate surface area is 201 Å². The quantitative estimate of drug-likeness (QED) is 0.540. The van der Waals surface area contributed by atoms with Crippen LogP contribution >= 0.6 is 11.6 Å². The van der Waals surface area contributed by atoms with Crippen LogP contribution in [-0.4, -0.2) is 68.1 Å². The van der Waals surface area contributed by atoms with Crippen molar-refractivity contribution >= 4 is 46.1 Å². The molecule has 34 heavy (non-hydrogen) atoms. The molecular weight excluding hydrogens is 461 g/mol. The zero-order valence-corrected chi connectivity index (χ0v) is 19.2. The Kier molecular flexibility index (Phi) is 6.42. The molecule has 0 bridgehead atoms. The number of hydrogen-bond donors (Lipinski definition) is 2. The van der Waals surface area contributed by atoms with E-state index in [0.29, 0.717) is 34.4 Å². The van der Waals surface area contributed by atoms with Crippen molar-refractivity contribution in [1.82, 2.24) is 24.8 Å². The molecule has 0 aliphatic carbocycles. The van der Waals surface area contributed by atoms with Crippen molar-refractivity contribution in [3.05, 3.63) is 41.6 Å². The summed E-state index contributed by atoms with van der Waals surface area (Å²) in [7, 11) is 0. The molecule has 3 aromatic rings. The molecule has 1 aromatic carbocycles. The largest absolute Gasteiger partial charge is 0.480 e. The molecule has 2 aliphatic heterocycles. The van der Waals surface area contributed by atoms with Crippen LogP contribution in [0, 0.1) is 11.7 Å². The number of carboxylic acids is 1. The van der Waals surface area contributed by atoms with Crippen molar-refractivity contribution in [2.24, 2.45) is 5.92 Å². The van der Waals surface area contributed by atoms with Crippen LogP contribution in [0.25, 0.3) is 11.0 Å². The van der Waals surface area contributed by atoms with Crippen LogP contribution in [0.1, 0.15) is 25.7 Å². The van der Waals surface area contributed by atoms with Crippen molar-refractivity contribution in [3.63, 3.8) is 0 Å². The fourth-order valence-corrected chi connectivity index (χ4v) is 4.95. The van der Waals surface area contributed by atoms with E-state index in [1.807, 2.05) is 0 Å². The van der Waals surface area contributed by atoms with Gasteiger partial charge in [-0.25, -0.2) is 24.3 Å². The van der Waals surface area contributed by atoms with Crippen molar-refractivity contribution < 1.29 is 14.3 Å². The molecule has 178 valence electrons. The minimum Gasteiger partial charge on any atom is -0.480 e. The Hall–Kier alpha value is -3.11. The zero-order chi connectivity index (χ0) is 23.7. The molecule has 0 radical (unpaired) electrons. The van der Waals surface area contributed by atoms with Crippen LogP contribution in [0.2, 0.25) is 5.02 Å². The summed E-state index contributed by atoms with van der Waals surface area (Å²) in [5.74, 6) is 0.343. The molecular formula is C23H25ClFN7O2. The summed E-state index contributed by atoms with van der Waals surface area (Å²) in [6.07, 6.45) is 6.69. The first kappa shape index (κ1) is 22.7. The van der Waals surface area contributed by atoms with Gasteiger partial charge < -0.3 is 15.3 Å². The maximum absolute atomic E-state index is 13.5. The summed E-state index contributed by atoms with van der Waals surface area (Å²) in [6.45, 7) is 3.28. The third-order valence-electron chi connectivity index (χ3n) is 6.59. The minimum absolute atomic E-state index is 0.0187. The monoisotopic (exact) mass is 485 g/mol. The maximum Gasteiger partial charge on any atom is 0.320 e. The predicted molar refractivity (Wildman–Crippen MR) is 127 cm³/mol. The lowest BCUT2D eigenvalue weighted by molar-refractivity contribution is -0.142. The predicted octanol–water partition coefficient (Wildman–Crippen LogP) is 3.72. The average molecular weight is 486 g/mol. The van der Waals surface area contributed by atoms with E-state index in [-0.39, 0.29) is 11.1 Å². The summed E-state index contributed by atoms with van der Waals surface area (Å²) in [6, 6.07) is 4.02. The molecule has 0 amide bonds. The Morgan fingerprint density at radius 1 is 1.18 bits per heavy atom. The number of anilines is 3. The van der Waals surface area contributed by atoms with Crippen molar-refractivity contribution in [3.8, 4) is 0 Å². The summed E-state index contributed by atoms with van der Waals surface area (Å²) < 4.78 is 13.5. The second-order valence-corrected chi connectivity index (χ2v) is 9.21. The molecule has 1 atom stereocenters. The normalized spacial score (nSPS) is 19.6. The van der Waals surface area contributed by atoms with E-state index in [0.717, 1.165) is 51.9 Å². The van der Waals surface area contributed by atoms with Gasteiger partial charge in [-0.1, -0.05) is 11.6 Å². The smallest absolute Gasteiger partial charge is 0.320 e. The van der Waals surface area contributed by atoms with Crippen LogP contribution in [0.15, 0.2) is 30.7 Å². The molecule has 5 rings (SSSR count). The topological polar surface area (TPSA) is 107 Å². The number of fused-ring (bicyclic) bond motifs is 1. The maximum atomic E-state index is 13.5. The fraction of sp³-hybridized carbons (Fsp3) is 0.435. The van der Waals surface area contributed by atoms with Gasteiger partial charge >= 0.3 is 5.97 Å². The van der Waals surface area contributed by atoms with Gasteiger partial charge in [0, 0.05) is 25.3 Å². The summed E-state index contributed by atoms with van der Waals surface area (Å²) in [4.78, 5) is 33.5. The molecule has 2 aliphatic rings. The van der Waals surface area contributed by atoms with Crippen LogP contribution in [0.4, 0.5) is 21.8 Å². The highest BCUT2D eigenvalue weighted by Gasteiger charge is 2.33. The first-order chi connectivity index (χ1) is 16.5. The van der Waals surface area contributed by atoms with Gasteiger partial charge in [0.2, 0.25) is 5.95 Å². The van der Waals surface area contributed by atoms with E-state index in [9.17, 15) is 14.3 Å². The second kappa shape index (κ2) is 9.63. The van der Waals surface area contributed by atoms with Gasteiger partial charge in [0.1, 0.15) is 29.2 Å². The van der Waals surface area contributed by atoms with Crippen LogP contribution < -0.4 is 10.2 Å². The van der Waals surface area contributed by atoms with Crippen molar-refractivity contribution in [1.29, 1.82) is 0 Å². The van der Waals surface area contributed by atoms with E-state index < -0.39 is 11.8 Å². The van der Waals surface area contributed by atoms with Gasteiger partial charge in [-0.15, -0.1) is 0 Å². The molecule has 4 heterocycles. The lowest BCUT2D eigenvalue weighted by Gasteiger charge is -2.34. The van der Waals surface area contributed by atoms with Gasteiger partial charge in [0.25, 0.3) is 0 Å². The van der Waals surface area contributed by atoms with E-state index in [2.05, 4.69) is 30.1 Å². The first-order valence-corrected chi connectivity index (χ1v) is 11.8. The van der Waals surface area contributed by atoms with Crippen molar-refractivity contribution in [2.75, 3.05) is 36.4 Å². The molecule has 2 fully saturated rings. The lowest BCUT2D eigenvalue weighted by Crippen LogP contribution is -2.43. The van der Waals surface area contributed by atoms with E-state index >= 15 is 0 Å². The molecule has 11 heteroatoms. The second-order valence-electron chi connectivity index (χ2n) is 8.80. The van der Waals surface area contributed by atoms with Gasteiger partial charge in [0.05, 0.1) is 11.2 Å². The molecule has 2 aromatic heterocycles. The number of halogens is 2. The Morgan fingerprint density at radius 2 is 2.00 bits per heavy atom. The third-order valence-corrected chi connectivity index (χ3v) is 6.88. The highest BCUT2D eigenvalue weighted by molar-refractivity contribution is 6.31. The average Bonchev–Trinajstić information content (AvgIpc) is 3.30. The molecule has 0 saturated carbocycles. The molecule has 9 nitrogen and oxygen atoms in total. The minimum atomic E-state index is -0.714. The number of rotatable bonds is 6. The summed E-state index contributed by atoms with van der Waals surface area (Å²) in [5, 5.41) is 12.6. The number of aromatic nitrogens is 4. The zero-order valence-electron chi connectivity index (χ0n) is 18.5. The number of nitrogens with one attached hydrogen (secondary N) is 1.